The number of hydrogen-bond donors (Lipinski definition) is 1. The van der Waals surface area contributed by atoms with Crippen molar-refractivity contribution in [1.82, 2.24) is 9.20 Å². The van der Waals surface area contributed by atoms with Crippen LogP contribution in [0.15, 0.2) is 0 Å². The minimum atomic E-state index is 0.787. The molecular formula is C5H13AlN2. The van der Waals surface area contributed by atoms with Crippen LogP contribution < -0.4 is 5.32 Å². The van der Waals surface area contributed by atoms with E-state index in [0.717, 1.165) is 6.04 Å². The van der Waals surface area contributed by atoms with Crippen LogP contribution in [0.4, 0.5) is 0 Å². The third-order valence-electron chi connectivity index (χ3n) is 1.83. The molecule has 8 heavy (non-hydrogen) atoms. The molecule has 0 spiro atoms. The van der Waals surface area contributed by atoms with E-state index < -0.39 is 0 Å². The van der Waals surface area contributed by atoms with Gasteiger partial charge in [0.05, 0.1) is 0 Å². The Morgan fingerprint density at radius 2 is 2.50 bits per heavy atom. The van der Waals surface area contributed by atoms with Gasteiger partial charge >= 0.3 is 16.5 Å². The Balaban J connectivity index is 2.28. The summed E-state index contributed by atoms with van der Waals surface area (Å²) in [6.45, 7) is 5.91. The van der Waals surface area contributed by atoms with Crippen molar-refractivity contribution in [2.75, 3.05) is 19.6 Å². The Hall–Kier alpha value is 0.452. The van der Waals surface area contributed by atoms with E-state index in [1.807, 2.05) is 0 Å². The van der Waals surface area contributed by atoms with E-state index in [4.69, 9.17) is 0 Å². The fourth-order valence-corrected chi connectivity index (χ4v) is 1.35. The van der Waals surface area contributed by atoms with E-state index in [2.05, 4.69) is 16.1 Å². The van der Waals surface area contributed by atoms with Gasteiger partial charge in [0.1, 0.15) is 0 Å². The molecule has 0 bridgehead atoms. The molecule has 1 saturated heterocycles. The average Bonchev–Trinajstić information content (AvgIpc) is 1.77. The molecule has 0 aromatic carbocycles. The van der Waals surface area contributed by atoms with Crippen molar-refractivity contribution >= 4 is 16.5 Å². The summed E-state index contributed by atoms with van der Waals surface area (Å²) in [5, 5.41) is 3.35. The zero-order valence-electron chi connectivity index (χ0n) is 5.65. The third-order valence-corrected chi connectivity index (χ3v) is 3.16. The van der Waals surface area contributed by atoms with Crippen molar-refractivity contribution in [2.24, 2.45) is 0 Å². The van der Waals surface area contributed by atoms with E-state index in [9.17, 15) is 0 Å². The van der Waals surface area contributed by atoms with Gasteiger partial charge in [-0.2, -0.15) is 0 Å². The average molecular weight is 128 g/mol. The van der Waals surface area contributed by atoms with E-state index in [1.54, 1.807) is 0 Å². The lowest BCUT2D eigenvalue weighted by molar-refractivity contribution is 0.297. The molecule has 0 aliphatic carbocycles. The molecule has 0 radical (unpaired) electrons. The maximum Gasteiger partial charge on any atom is 0.322 e. The first-order chi connectivity index (χ1) is 3.80. The zero-order valence-corrected chi connectivity index (χ0v) is 7.65. The summed E-state index contributed by atoms with van der Waals surface area (Å²) in [5.74, 6) is 0. The summed E-state index contributed by atoms with van der Waals surface area (Å²) in [6.07, 6.45) is 0. The monoisotopic (exact) mass is 128 g/mol. The lowest BCUT2D eigenvalue weighted by Crippen LogP contribution is -2.48. The smallest absolute Gasteiger partial charge is 0.322 e. The van der Waals surface area contributed by atoms with Gasteiger partial charge in [-0.25, -0.2) is 0 Å². The van der Waals surface area contributed by atoms with E-state index in [0.29, 0.717) is 0 Å². The van der Waals surface area contributed by atoms with Gasteiger partial charge in [0, 0.05) is 13.1 Å². The van der Waals surface area contributed by atoms with Gasteiger partial charge < -0.3 is 9.20 Å². The molecule has 1 atom stereocenters. The molecule has 0 amide bonds. The largest absolute Gasteiger partial charge is 0.386 e. The lowest BCUT2D eigenvalue weighted by Gasteiger charge is -2.31. The minimum absolute atomic E-state index is 0.787. The van der Waals surface area contributed by atoms with E-state index in [-0.39, 0.29) is 0 Å². The Bertz CT molecular complexity index is 66.8. The van der Waals surface area contributed by atoms with Gasteiger partial charge in [-0.3, -0.25) is 0 Å². The quantitative estimate of drug-likeness (QED) is 0.413. The molecule has 1 aliphatic rings. The molecule has 1 rings (SSSR count). The Morgan fingerprint density at radius 3 is 2.88 bits per heavy atom. The predicted molar refractivity (Wildman–Crippen MR) is 37.6 cm³/mol. The Labute approximate surface area is 58.9 Å². The van der Waals surface area contributed by atoms with Gasteiger partial charge in [-0.1, -0.05) is 6.92 Å². The fourth-order valence-electron chi connectivity index (χ4n) is 0.943. The first-order valence-electron chi connectivity index (χ1n) is 3.21. The van der Waals surface area contributed by atoms with Crippen molar-refractivity contribution < 1.29 is 0 Å². The number of nitrogens with one attached hydrogen (secondary N) is 1. The topological polar surface area (TPSA) is 15.3 Å². The van der Waals surface area contributed by atoms with Gasteiger partial charge in [0.25, 0.3) is 0 Å². The second kappa shape index (κ2) is 2.84. The van der Waals surface area contributed by atoms with Crippen molar-refractivity contribution in [2.45, 2.75) is 13.0 Å². The summed E-state index contributed by atoms with van der Waals surface area (Å²) in [4.78, 5) is 0. The molecule has 1 fully saturated rings. The molecule has 0 aromatic heterocycles. The standard InChI is InChI=1S/C5H11N2.Al.2H/c1-5-4-6-2-3-7-5;;;/h5-6H,2-4H2,1H3;;;/q-1;+1;;. The van der Waals surface area contributed by atoms with Crippen molar-refractivity contribution in [1.29, 1.82) is 0 Å². The van der Waals surface area contributed by atoms with Gasteiger partial charge in [0.15, 0.2) is 0 Å². The SMILES string of the molecule is CC1CNCC[N]1[AlH2]. The molecular weight excluding hydrogens is 115 g/mol. The second-order valence-corrected chi connectivity index (χ2v) is 3.68. The molecule has 1 N–H and O–H groups in total. The van der Waals surface area contributed by atoms with Crippen molar-refractivity contribution in [3.8, 4) is 0 Å². The fraction of sp³-hybridized carbons (Fsp3) is 1.00. The molecule has 1 unspecified atom stereocenters. The number of hydrogen-bond acceptors (Lipinski definition) is 2. The summed E-state index contributed by atoms with van der Waals surface area (Å²) in [5.41, 5.74) is 0. The highest BCUT2D eigenvalue weighted by Gasteiger charge is 2.10. The molecule has 2 nitrogen and oxygen atoms in total. The summed E-state index contributed by atoms with van der Waals surface area (Å²) in [7, 11) is 0. The predicted octanol–water partition coefficient (Wildman–Crippen LogP) is -1.17. The highest BCUT2D eigenvalue weighted by Crippen LogP contribution is 1.95. The maximum absolute atomic E-state index is 3.35. The van der Waals surface area contributed by atoms with Gasteiger partial charge in [-0.15, -0.1) is 0 Å². The lowest BCUT2D eigenvalue weighted by atomic mass is 10.3. The first-order valence-corrected chi connectivity index (χ1v) is 4.11. The highest BCUT2D eigenvalue weighted by molar-refractivity contribution is 6.04. The Kier molecular flexibility index (Phi) is 2.33. The number of rotatable bonds is 0. The molecule has 0 aromatic rings. The van der Waals surface area contributed by atoms with Gasteiger partial charge in [0.2, 0.25) is 0 Å². The molecule has 1 aliphatic heterocycles. The molecule has 1 heterocycles. The van der Waals surface area contributed by atoms with Crippen LogP contribution in [0.2, 0.25) is 0 Å². The summed E-state index contributed by atoms with van der Waals surface area (Å²) in [6, 6.07) is 0.787. The third kappa shape index (κ3) is 1.46. The van der Waals surface area contributed by atoms with Crippen LogP contribution in [0.5, 0.6) is 0 Å². The molecule has 3 heteroatoms. The zero-order chi connectivity index (χ0) is 5.98. The van der Waals surface area contributed by atoms with E-state index >= 15 is 0 Å². The molecule has 46 valence electrons. The molecule has 0 saturated carbocycles. The van der Waals surface area contributed by atoms with Crippen LogP contribution in [0.25, 0.3) is 0 Å². The number of piperazine rings is 1. The number of nitrogens with zero attached hydrogens (tertiary/aromatic N) is 1. The van der Waals surface area contributed by atoms with Crippen LogP contribution in [0, 0.1) is 0 Å². The highest BCUT2D eigenvalue weighted by atomic mass is 27.1. The van der Waals surface area contributed by atoms with Crippen molar-refractivity contribution in [3.05, 3.63) is 0 Å². The van der Waals surface area contributed by atoms with Gasteiger partial charge in [-0.05, 0) is 12.6 Å². The normalized spacial score (nSPS) is 32.9. The van der Waals surface area contributed by atoms with Crippen LogP contribution in [-0.2, 0) is 0 Å². The second-order valence-electron chi connectivity index (χ2n) is 2.53. The first kappa shape index (κ1) is 6.57. The van der Waals surface area contributed by atoms with Crippen LogP contribution in [-0.4, -0.2) is 46.1 Å². The van der Waals surface area contributed by atoms with Crippen LogP contribution >= 0.6 is 0 Å². The Morgan fingerprint density at radius 1 is 1.75 bits per heavy atom. The summed E-state index contributed by atoms with van der Waals surface area (Å²) >= 11 is 1.23. The minimum Gasteiger partial charge on any atom is -0.386 e. The van der Waals surface area contributed by atoms with E-state index in [1.165, 1.54) is 36.1 Å². The van der Waals surface area contributed by atoms with Crippen LogP contribution in [0.1, 0.15) is 6.92 Å². The maximum atomic E-state index is 3.35. The van der Waals surface area contributed by atoms with Crippen molar-refractivity contribution in [3.63, 3.8) is 0 Å². The van der Waals surface area contributed by atoms with Crippen LogP contribution in [0.3, 0.4) is 0 Å². The summed E-state index contributed by atoms with van der Waals surface area (Å²) < 4.78 is 2.51.